The highest BCUT2D eigenvalue weighted by molar-refractivity contribution is 7.45. The number of phosphoric acid groups is 2. The molecule has 0 aromatic carbocycles. The van der Waals surface area contributed by atoms with Gasteiger partial charge in [0.05, 0.1) is 0 Å². The van der Waals surface area contributed by atoms with E-state index in [0.717, 1.165) is 0 Å². The third-order valence-corrected chi connectivity index (χ3v) is 3.58. The monoisotopic (exact) mass is 338 g/mol. The molecular formula is C6H12O12P2-2. The van der Waals surface area contributed by atoms with Gasteiger partial charge in [-0.05, 0) is 0 Å². The minimum atomic E-state index is -5.46. The van der Waals surface area contributed by atoms with Crippen molar-refractivity contribution in [3.8, 4) is 0 Å². The lowest BCUT2D eigenvalue weighted by Crippen LogP contribution is -2.64. The quantitative estimate of drug-likeness (QED) is 0.266. The average molecular weight is 338 g/mol. The normalized spacial score (nSPS) is 44.6. The van der Waals surface area contributed by atoms with Crippen LogP contribution in [0.3, 0.4) is 0 Å². The van der Waals surface area contributed by atoms with Crippen LogP contribution in [0.25, 0.3) is 0 Å². The molecule has 0 radical (unpaired) electrons. The Labute approximate surface area is 111 Å². The molecule has 0 saturated heterocycles. The van der Waals surface area contributed by atoms with Gasteiger partial charge in [0.1, 0.15) is 36.6 Å². The molecule has 0 aromatic rings. The molecular weight excluding hydrogens is 326 g/mol. The zero-order valence-electron chi connectivity index (χ0n) is 9.49. The maximum Gasteiger partial charge on any atom is 0.265 e. The highest BCUT2D eigenvalue weighted by Gasteiger charge is 2.52. The zero-order valence-corrected chi connectivity index (χ0v) is 11.3. The van der Waals surface area contributed by atoms with Crippen molar-refractivity contribution in [2.45, 2.75) is 36.6 Å². The number of rotatable bonds is 4. The molecule has 1 rings (SSSR count). The van der Waals surface area contributed by atoms with Gasteiger partial charge in [0, 0.05) is 0 Å². The summed E-state index contributed by atoms with van der Waals surface area (Å²) in [6, 6.07) is 0. The van der Waals surface area contributed by atoms with Gasteiger partial charge in [-0.1, -0.05) is 0 Å². The molecule has 0 spiro atoms. The van der Waals surface area contributed by atoms with Gasteiger partial charge in [-0.25, -0.2) is 0 Å². The van der Waals surface area contributed by atoms with E-state index in [1.54, 1.807) is 0 Å². The highest BCUT2D eigenvalue weighted by Crippen LogP contribution is 2.42. The van der Waals surface area contributed by atoms with Crippen molar-refractivity contribution in [2.75, 3.05) is 0 Å². The Balaban J connectivity index is 3.02. The van der Waals surface area contributed by atoms with E-state index in [-0.39, 0.29) is 0 Å². The second-order valence-corrected chi connectivity index (χ2v) is 6.34. The average Bonchev–Trinajstić information content (AvgIpc) is 2.25. The van der Waals surface area contributed by atoms with Crippen molar-refractivity contribution >= 4 is 15.6 Å². The van der Waals surface area contributed by atoms with Crippen molar-refractivity contribution in [3.05, 3.63) is 0 Å². The molecule has 1 aliphatic carbocycles. The summed E-state index contributed by atoms with van der Waals surface area (Å²) in [6.45, 7) is 0. The van der Waals surface area contributed by atoms with Crippen LogP contribution in [-0.4, -0.2) is 66.8 Å². The van der Waals surface area contributed by atoms with E-state index in [1.165, 1.54) is 0 Å². The Morgan fingerprint density at radius 2 is 1.00 bits per heavy atom. The Kier molecular flexibility index (Phi) is 5.48. The van der Waals surface area contributed by atoms with Crippen LogP contribution >= 0.6 is 15.6 Å². The van der Waals surface area contributed by atoms with Crippen molar-refractivity contribution in [1.82, 2.24) is 0 Å². The van der Waals surface area contributed by atoms with Gasteiger partial charge in [0.2, 0.25) is 0 Å². The van der Waals surface area contributed by atoms with Gasteiger partial charge in [-0.15, -0.1) is 0 Å². The summed E-state index contributed by atoms with van der Waals surface area (Å²) in [5.74, 6) is 0. The van der Waals surface area contributed by atoms with Crippen LogP contribution in [0, 0.1) is 0 Å². The summed E-state index contributed by atoms with van der Waals surface area (Å²) < 4.78 is 28.9. The number of aliphatic hydroxyl groups excluding tert-OH is 4. The molecule has 6 N–H and O–H groups in total. The largest absolute Gasteiger partial charge is 0.756 e. The molecule has 0 amide bonds. The van der Waals surface area contributed by atoms with Gasteiger partial charge >= 0.3 is 0 Å². The maximum atomic E-state index is 10.6. The van der Waals surface area contributed by atoms with Crippen LogP contribution in [0.2, 0.25) is 0 Å². The second-order valence-electron chi connectivity index (χ2n) is 4.04. The fraction of sp³-hybridized carbons (Fsp3) is 1.00. The molecule has 1 fully saturated rings. The molecule has 1 saturated carbocycles. The fourth-order valence-corrected chi connectivity index (χ4v) is 2.85. The fourth-order valence-electron chi connectivity index (χ4n) is 1.74. The third kappa shape index (κ3) is 4.53. The Morgan fingerprint density at radius 3 is 1.25 bits per heavy atom. The lowest BCUT2D eigenvalue weighted by molar-refractivity contribution is -0.268. The lowest BCUT2D eigenvalue weighted by Gasteiger charge is -2.44. The van der Waals surface area contributed by atoms with Gasteiger partial charge in [-0.3, -0.25) is 9.13 Å². The Morgan fingerprint density at radius 1 is 0.700 bits per heavy atom. The number of hydrogen-bond donors (Lipinski definition) is 6. The molecule has 12 nitrogen and oxygen atoms in total. The molecule has 14 heteroatoms. The first-order valence-corrected chi connectivity index (χ1v) is 7.99. The lowest BCUT2D eigenvalue weighted by atomic mass is 9.85. The summed E-state index contributed by atoms with van der Waals surface area (Å²) in [6.07, 6.45) is -13.3. The molecule has 4 unspecified atom stereocenters. The predicted molar refractivity (Wildman–Crippen MR) is 53.4 cm³/mol. The molecule has 0 heterocycles. The van der Waals surface area contributed by atoms with Crippen LogP contribution in [0.1, 0.15) is 0 Å². The Bertz CT molecular complexity index is 390. The maximum absolute atomic E-state index is 10.6. The van der Waals surface area contributed by atoms with Crippen molar-refractivity contribution < 1.29 is 58.2 Å². The first kappa shape index (κ1) is 18.1. The van der Waals surface area contributed by atoms with E-state index < -0.39 is 52.3 Å². The van der Waals surface area contributed by atoms with Crippen molar-refractivity contribution in [3.63, 3.8) is 0 Å². The molecule has 0 aromatic heterocycles. The van der Waals surface area contributed by atoms with Gasteiger partial charge in [0.15, 0.2) is 0 Å². The first-order valence-electron chi connectivity index (χ1n) is 5.00. The van der Waals surface area contributed by atoms with Crippen LogP contribution in [0.15, 0.2) is 0 Å². The number of aliphatic hydroxyl groups is 4. The molecule has 0 aliphatic heterocycles. The third-order valence-electron chi connectivity index (χ3n) is 2.56. The minimum Gasteiger partial charge on any atom is -0.756 e. The van der Waals surface area contributed by atoms with Crippen LogP contribution < -0.4 is 9.79 Å². The minimum absolute atomic E-state index is 2.17. The van der Waals surface area contributed by atoms with E-state index in [4.69, 9.17) is 9.79 Å². The standard InChI is InChI=1S/C6H14O12P2/c7-1-2(8)5(17-19(11,12)13)4(10)6(3(1)9)18-20(14,15)16/h1-10H,(H2,11,12,13)(H2,14,15,16)/p-2/t1?,2-,3-,4?,5-,6+/m1/s1. The van der Waals surface area contributed by atoms with E-state index >= 15 is 0 Å². The van der Waals surface area contributed by atoms with Gasteiger partial charge in [0.25, 0.3) is 15.6 Å². The van der Waals surface area contributed by atoms with Crippen LogP contribution in [-0.2, 0) is 18.2 Å². The number of hydrogen-bond acceptors (Lipinski definition) is 10. The smallest absolute Gasteiger partial charge is 0.265 e. The number of phosphoric ester groups is 2. The topological polar surface area (TPSA) is 220 Å². The highest BCUT2D eigenvalue weighted by atomic mass is 31.2. The molecule has 20 heavy (non-hydrogen) atoms. The first-order chi connectivity index (χ1) is 8.83. The van der Waals surface area contributed by atoms with Crippen LogP contribution in [0.5, 0.6) is 0 Å². The van der Waals surface area contributed by atoms with Gasteiger partial charge < -0.3 is 49.0 Å². The summed E-state index contributed by atoms with van der Waals surface area (Å²) in [7, 11) is -10.9. The summed E-state index contributed by atoms with van der Waals surface area (Å²) in [4.78, 5) is 38.1. The van der Waals surface area contributed by atoms with E-state index in [2.05, 4.69) is 9.05 Å². The SMILES string of the molecule is O=P([O-])(O)O[C@@H]1C(O)[C@H](OP(=O)([O-])O)[C@H](O)C(O)[C@H]1O. The predicted octanol–water partition coefficient (Wildman–Crippen LogP) is -4.86. The Hall–Kier alpha value is 0.0600. The molecule has 120 valence electrons. The van der Waals surface area contributed by atoms with E-state index in [9.17, 15) is 39.3 Å². The van der Waals surface area contributed by atoms with Crippen molar-refractivity contribution in [1.29, 1.82) is 0 Å². The summed E-state index contributed by atoms with van der Waals surface area (Å²) in [5.41, 5.74) is 0. The molecule has 0 bridgehead atoms. The zero-order chi connectivity index (χ0) is 15.9. The van der Waals surface area contributed by atoms with E-state index in [0.29, 0.717) is 0 Å². The molecule has 8 atom stereocenters. The summed E-state index contributed by atoms with van der Waals surface area (Å²) >= 11 is 0. The molecule has 1 aliphatic rings. The van der Waals surface area contributed by atoms with E-state index in [1.807, 2.05) is 0 Å². The van der Waals surface area contributed by atoms with Crippen LogP contribution in [0.4, 0.5) is 0 Å². The second kappa shape index (κ2) is 6.05. The summed E-state index contributed by atoms with van der Waals surface area (Å²) in [5, 5.41) is 37.8. The van der Waals surface area contributed by atoms with Crippen molar-refractivity contribution in [2.24, 2.45) is 0 Å². The van der Waals surface area contributed by atoms with Gasteiger partial charge in [-0.2, -0.15) is 0 Å².